The van der Waals surface area contributed by atoms with Crippen molar-refractivity contribution in [2.75, 3.05) is 65.4 Å². The number of piperidine rings is 4. The number of fused-ring (bicyclic) bond motifs is 6. The largest absolute Gasteiger partial charge is 0.465 e. The lowest BCUT2D eigenvalue weighted by molar-refractivity contribution is -0.121. The van der Waals surface area contributed by atoms with E-state index in [1.165, 1.54) is 57.9 Å². The molecular formula is C104H131Br2Cl3N11O18P. The van der Waals surface area contributed by atoms with Crippen molar-refractivity contribution < 1.29 is 86.7 Å². The quantitative estimate of drug-likeness (QED) is 0.0635. The first-order valence-corrected chi connectivity index (χ1v) is 52.4. The zero-order valence-corrected chi connectivity index (χ0v) is 88.7. The molecule has 0 spiro atoms. The number of aromatic nitrogens is 6. The molecule has 17 rings (SSSR count). The maximum atomic E-state index is 12.6. The predicted octanol–water partition coefficient (Wildman–Crippen LogP) is 26.8. The van der Waals surface area contributed by atoms with Crippen LogP contribution in [-0.2, 0) is 49.0 Å². The number of rotatable bonds is 4. The fourth-order valence-corrected chi connectivity index (χ4v) is 17.4. The molecule has 4 saturated heterocycles. The normalized spacial score (nSPS) is 15.9. The number of amides is 5. The summed E-state index contributed by atoms with van der Waals surface area (Å²) < 4.78 is 47.2. The molecule has 7 N–H and O–H groups in total. The van der Waals surface area contributed by atoms with Crippen molar-refractivity contribution in [1.29, 1.82) is 0 Å². The molecule has 11 heterocycles. The molecule has 6 aromatic heterocycles. The number of ether oxygens (including phenoxy) is 6. The van der Waals surface area contributed by atoms with Gasteiger partial charge in [0.25, 0.3) is 0 Å². The Morgan fingerprint density at radius 2 is 0.712 bits per heavy atom. The van der Waals surface area contributed by atoms with Crippen LogP contribution in [0.5, 0.6) is 0 Å². The van der Waals surface area contributed by atoms with E-state index >= 15 is 0 Å². The van der Waals surface area contributed by atoms with E-state index < -0.39 is 62.2 Å². The van der Waals surface area contributed by atoms with Gasteiger partial charge in [-0.25, -0.2) is 33.6 Å². The minimum absolute atomic E-state index is 0.164. The Morgan fingerprint density at radius 1 is 0.381 bits per heavy atom. The highest BCUT2D eigenvalue weighted by Gasteiger charge is 2.41. The van der Waals surface area contributed by atoms with Crippen LogP contribution >= 0.6 is 70.8 Å². The Kier molecular flexibility index (Phi) is 37.1. The Balaban J connectivity index is 0.000000169. The van der Waals surface area contributed by atoms with Gasteiger partial charge in [0.1, 0.15) is 39.4 Å². The third-order valence-electron chi connectivity index (χ3n) is 22.8. The zero-order chi connectivity index (χ0) is 102. The Labute approximate surface area is 843 Å². The molecule has 6 aromatic carbocycles. The molecule has 0 bridgehead atoms. The highest BCUT2D eigenvalue weighted by atomic mass is 79.9. The third kappa shape index (κ3) is 32.6. The average Bonchev–Trinajstić information content (AvgIpc) is 1.51. The van der Waals surface area contributed by atoms with Gasteiger partial charge < -0.3 is 88.2 Å². The van der Waals surface area contributed by atoms with E-state index in [9.17, 15) is 53.1 Å². The summed E-state index contributed by atoms with van der Waals surface area (Å²) in [6.45, 7) is 38.8. The van der Waals surface area contributed by atoms with E-state index in [1.807, 2.05) is 239 Å². The Morgan fingerprint density at radius 3 is 1.14 bits per heavy atom. The number of halogens is 5. The van der Waals surface area contributed by atoms with Crippen LogP contribution in [0.15, 0.2) is 198 Å². The first kappa shape index (κ1) is 110. The van der Waals surface area contributed by atoms with E-state index in [0.29, 0.717) is 102 Å². The van der Waals surface area contributed by atoms with Gasteiger partial charge >= 0.3 is 47.9 Å². The molecule has 139 heavy (non-hydrogen) atoms. The second kappa shape index (κ2) is 46.8. The molecule has 4 fully saturated rings. The molecular weight excluding hydrogens is 1990 g/mol. The highest BCUT2D eigenvalue weighted by molar-refractivity contribution is 9.11. The minimum Gasteiger partial charge on any atom is -0.465 e. The van der Waals surface area contributed by atoms with Gasteiger partial charge in [-0.1, -0.05) is 98.6 Å². The summed E-state index contributed by atoms with van der Waals surface area (Å²) in [6.07, 6.45) is 15.9. The van der Waals surface area contributed by atoms with Crippen LogP contribution in [0, 0.1) is 0 Å². The Bertz CT molecular complexity index is 6330. The minimum atomic E-state index is -3.22. The van der Waals surface area contributed by atoms with Gasteiger partial charge in [-0.05, 0) is 322 Å². The summed E-state index contributed by atoms with van der Waals surface area (Å²) in [7, 11) is 0. The number of likely N-dealkylation sites (tertiary alicyclic amines) is 4. The molecule has 5 aliphatic rings. The van der Waals surface area contributed by atoms with Gasteiger partial charge in [0.15, 0.2) is 0 Å². The van der Waals surface area contributed by atoms with Crippen molar-refractivity contribution in [3.63, 3.8) is 0 Å². The summed E-state index contributed by atoms with van der Waals surface area (Å²) in [5.74, 6) is 0.677. The second-order valence-electron chi connectivity index (χ2n) is 40.5. The second-order valence-corrected chi connectivity index (χ2v) is 48.9. The van der Waals surface area contributed by atoms with Crippen molar-refractivity contribution in [2.45, 2.75) is 233 Å². The molecule has 0 radical (unpaired) electrons. The fraction of sp³-hybridized carbons (Fsp3) is 0.442. The van der Waals surface area contributed by atoms with Crippen molar-refractivity contribution in [3.05, 3.63) is 220 Å². The van der Waals surface area contributed by atoms with Crippen LogP contribution < -0.4 is 0 Å². The predicted molar refractivity (Wildman–Crippen MR) is 557 cm³/mol. The third-order valence-corrected chi connectivity index (χ3v) is 24.2. The van der Waals surface area contributed by atoms with Gasteiger partial charge in [-0.15, -0.1) is 0 Å². The molecule has 0 unspecified atom stereocenters. The summed E-state index contributed by atoms with van der Waals surface area (Å²) in [6, 6.07) is 48.0. The maximum Gasteiger partial charge on any atom is 0.418 e. The monoisotopic (exact) mass is 2120 g/mol. The van der Waals surface area contributed by atoms with Crippen molar-refractivity contribution in [3.8, 4) is 0 Å². The molecule has 0 saturated carbocycles. The van der Waals surface area contributed by atoms with Crippen LogP contribution in [0.4, 0.5) is 33.6 Å². The first-order chi connectivity index (χ1) is 64.9. The molecule has 29 nitrogen and oxygen atoms in total. The van der Waals surface area contributed by atoms with Gasteiger partial charge in [0.05, 0.1) is 22.2 Å². The number of benzene rings is 6. The van der Waals surface area contributed by atoms with Gasteiger partial charge in [-0.2, -0.15) is 0 Å². The number of Topliss-reactive ketones (excluding diaryl/α,β-unsaturated/α-hetero) is 1. The molecule has 0 aliphatic carbocycles. The van der Waals surface area contributed by atoms with E-state index in [1.54, 1.807) is 27.1 Å². The number of aliphatic hydroxyl groups is 2. The molecule has 750 valence electrons. The number of carbonyl (C=O) groups is 8. The van der Waals surface area contributed by atoms with Crippen LogP contribution in [0.25, 0.3) is 71.0 Å². The number of aromatic amines is 4. The standard InChI is InChI=1S/C23H32N2O5.C18H24N2O3.C18H24N2O2.C18H22N2O2.C13H14BrNO2.C8H6BrN.C6H9NO3.Cl3OP/c1-21(2,3)29-19(26)24-14-11-23(28,12-15-24)17-8-7-9-18-16(17)10-13-25(18)20(27)30-22(4,5)6;1-17(2,3)23-16(21)20-11-8-18(22,9-12-20)14-5-4-6-15-13(14)7-10-19-15;2*1-18(2,3)22-17(21)20-11-8-13(9-12-20)14-5-4-6-16-15(14)7-10-19-16;1-13(2,3)17-12(16)15-8-7-9-10(14)5-4-6-11(9)15;9-7-2-1-3-8-6(7)4-5-10-8;8-5-1-3-7(4-2-5)6(9)10;1-5(2,3)4/h7-10,13,28H,11-12,14-15H2,1-6H3;4-7,10,19,22H,8-9,11-12H2,1-3H3;4-7,10,13,19H,8-9,11-12H2,1-3H3;4-8,10,19H,9,11-12H2,1-3H3;4-8H,1-3H3;1-5,10H;1-4H2,(H,9,10);. The van der Waals surface area contributed by atoms with Crippen molar-refractivity contribution in [2.24, 2.45) is 0 Å². The van der Waals surface area contributed by atoms with Gasteiger partial charge in [0.2, 0.25) is 0 Å². The van der Waals surface area contributed by atoms with Crippen molar-refractivity contribution in [1.82, 2.24) is 53.6 Å². The number of carboxylic acid groups (broad SMARTS) is 1. The van der Waals surface area contributed by atoms with Crippen LogP contribution in [-0.4, -0.2) is 216 Å². The fourth-order valence-electron chi connectivity index (χ4n) is 16.4. The van der Waals surface area contributed by atoms with Gasteiger partial charge in [0, 0.05) is 179 Å². The number of ketones is 1. The summed E-state index contributed by atoms with van der Waals surface area (Å²) in [5.41, 5.74) is 6.68. The van der Waals surface area contributed by atoms with E-state index in [0.717, 1.165) is 85.1 Å². The lowest BCUT2D eigenvalue weighted by Gasteiger charge is -2.39. The number of nitrogens with zero attached hydrogens (tertiary/aromatic N) is 7. The SMILES string of the molecule is Brc1cccc2[nH]ccc12.CC(C)(C)OC(=O)N1CC=C(c2cccc3[nH]ccc23)CC1.CC(C)(C)OC(=O)N1CCC(O)(c2cccc3[nH]ccc23)CC1.CC(C)(C)OC(=O)N1CCC(O)(c2cccc3c2ccn3C(=O)OC(C)(C)C)CC1.CC(C)(C)OC(=O)N1CCC(c2cccc3[nH]ccc23)CC1.CC(C)(C)OC(=O)n1ccc2c(Br)cccc21.O=C1CCN(C(=O)O)CC1.O=P(Cl)(Cl)Cl. The van der Waals surface area contributed by atoms with Crippen LogP contribution in [0.1, 0.15) is 211 Å². The molecule has 5 amide bonds. The number of hydrogen-bond donors (Lipinski definition) is 7. The average molecular weight is 2120 g/mol. The number of carbonyl (C=O) groups excluding carboxylic acids is 7. The Hall–Kier alpha value is -10.8. The summed E-state index contributed by atoms with van der Waals surface area (Å²) in [5, 5.41) is 34.3. The maximum absolute atomic E-state index is 12.6. The number of H-pyrrole nitrogens is 4. The summed E-state index contributed by atoms with van der Waals surface area (Å²) >= 11 is 20.8. The number of nitrogens with one attached hydrogen (secondary N) is 4. The molecule has 5 aliphatic heterocycles. The molecule has 0 atom stereocenters. The lowest BCUT2D eigenvalue weighted by Crippen LogP contribution is -2.46. The van der Waals surface area contributed by atoms with Crippen LogP contribution in [0.2, 0.25) is 0 Å². The van der Waals surface area contributed by atoms with Gasteiger partial charge in [-0.3, -0.25) is 18.5 Å². The molecule has 35 heteroatoms. The highest BCUT2D eigenvalue weighted by Crippen LogP contribution is 2.61. The number of hydrogen-bond acceptors (Lipinski definition) is 17. The lowest BCUT2D eigenvalue weighted by atomic mass is 9.83. The topological polar surface area (TPSA) is 359 Å². The first-order valence-electron chi connectivity index (χ1n) is 46.4. The van der Waals surface area contributed by atoms with Crippen LogP contribution in [0.3, 0.4) is 0 Å². The van der Waals surface area contributed by atoms with E-state index in [-0.39, 0.29) is 36.2 Å². The van der Waals surface area contributed by atoms with E-state index in [4.69, 9.17) is 33.5 Å². The van der Waals surface area contributed by atoms with Crippen molar-refractivity contribution >= 4 is 190 Å². The van der Waals surface area contributed by atoms with E-state index in [2.05, 4.69) is 152 Å². The zero-order valence-electron chi connectivity index (χ0n) is 82.3. The summed E-state index contributed by atoms with van der Waals surface area (Å²) in [4.78, 5) is 115. The molecule has 12 aromatic rings. The smallest absolute Gasteiger partial charge is 0.418 e.